The van der Waals surface area contributed by atoms with E-state index in [2.05, 4.69) is 25.5 Å². The number of halogens is 4. The number of piperidine rings is 1. The number of nitrogens with zero attached hydrogens (tertiary/aromatic N) is 3. The number of aromatic nitrogens is 2. The summed E-state index contributed by atoms with van der Waals surface area (Å²) in [5.74, 6) is 0.478. The van der Waals surface area contributed by atoms with Gasteiger partial charge >= 0.3 is 0 Å². The third kappa shape index (κ3) is 6.80. The molecule has 2 N–H and O–H groups in total. The molecule has 0 aliphatic carbocycles. The highest BCUT2D eigenvalue weighted by Crippen LogP contribution is 2.30. The monoisotopic (exact) mass is 571 g/mol. The zero-order valence-electron chi connectivity index (χ0n) is 20.3. The SMILES string of the molecule is COc1cc(F)c2ncc(F)c(CCN3CCC(NCc4ccc5c(n4)NC(=O)CS5)CC3)c2c1.Cl.Cl. The number of thioether (sulfide) groups is 1. The topological polar surface area (TPSA) is 79.4 Å². The van der Waals surface area contributed by atoms with Crippen LogP contribution in [0.25, 0.3) is 10.9 Å². The number of pyridine rings is 2. The van der Waals surface area contributed by atoms with E-state index in [-0.39, 0.29) is 36.2 Å². The highest BCUT2D eigenvalue weighted by molar-refractivity contribution is 8.00. The van der Waals surface area contributed by atoms with Crippen molar-refractivity contribution in [1.29, 1.82) is 0 Å². The summed E-state index contributed by atoms with van der Waals surface area (Å²) in [7, 11) is 1.46. The molecule has 4 heterocycles. The number of methoxy groups -OCH3 is 1. The van der Waals surface area contributed by atoms with E-state index >= 15 is 0 Å². The predicted molar refractivity (Wildman–Crippen MR) is 146 cm³/mol. The van der Waals surface area contributed by atoms with Crippen LogP contribution in [-0.2, 0) is 17.8 Å². The molecule has 5 rings (SSSR count). The van der Waals surface area contributed by atoms with Gasteiger partial charge in [0.25, 0.3) is 0 Å². The Labute approximate surface area is 231 Å². The van der Waals surface area contributed by atoms with Crippen molar-refractivity contribution in [3.8, 4) is 5.75 Å². The second kappa shape index (κ2) is 13.0. The van der Waals surface area contributed by atoms with Crippen molar-refractivity contribution < 1.29 is 18.3 Å². The van der Waals surface area contributed by atoms with Gasteiger partial charge in [0.2, 0.25) is 5.91 Å². The fraction of sp³-hybridized carbons (Fsp3) is 0.400. The number of hydrogen-bond donors (Lipinski definition) is 2. The number of ether oxygens (including phenoxy) is 1. The molecule has 0 unspecified atom stereocenters. The fourth-order valence-electron chi connectivity index (χ4n) is 4.62. The maximum absolute atomic E-state index is 14.6. The predicted octanol–water partition coefficient (Wildman–Crippen LogP) is 4.60. The van der Waals surface area contributed by atoms with E-state index in [0.717, 1.165) is 42.7 Å². The van der Waals surface area contributed by atoms with Gasteiger partial charge in [0.15, 0.2) is 5.82 Å². The van der Waals surface area contributed by atoms with Crippen molar-refractivity contribution in [3.63, 3.8) is 0 Å². The summed E-state index contributed by atoms with van der Waals surface area (Å²) >= 11 is 1.51. The van der Waals surface area contributed by atoms with Gasteiger partial charge in [-0.05, 0) is 50.6 Å². The fourth-order valence-corrected chi connectivity index (χ4v) is 5.37. The largest absolute Gasteiger partial charge is 0.497 e. The van der Waals surface area contributed by atoms with E-state index in [1.807, 2.05) is 12.1 Å². The summed E-state index contributed by atoms with van der Waals surface area (Å²) < 4.78 is 34.1. The Hall–Kier alpha value is -2.24. The lowest BCUT2D eigenvalue weighted by molar-refractivity contribution is -0.113. The molecule has 1 fully saturated rings. The van der Waals surface area contributed by atoms with Crippen molar-refractivity contribution >= 4 is 59.2 Å². The number of fused-ring (bicyclic) bond motifs is 2. The van der Waals surface area contributed by atoms with E-state index in [1.165, 1.54) is 24.9 Å². The second-order valence-corrected chi connectivity index (χ2v) is 9.84. The number of rotatable bonds is 7. The third-order valence-electron chi connectivity index (χ3n) is 6.56. The van der Waals surface area contributed by atoms with Gasteiger partial charge in [-0.1, -0.05) is 0 Å². The Morgan fingerprint density at radius 1 is 1.19 bits per heavy atom. The summed E-state index contributed by atoms with van der Waals surface area (Å²) in [6.07, 6.45) is 3.51. The first kappa shape index (κ1) is 29.3. The molecule has 0 atom stereocenters. The summed E-state index contributed by atoms with van der Waals surface area (Å²) in [5.41, 5.74) is 1.53. The number of carbonyl (C=O) groups excluding carboxylic acids is 1. The van der Waals surface area contributed by atoms with E-state index in [0.29, 0.717) is 53.8 Å². The number of benzene rings is 1. The first-order valence-corrected chi connectivity index (χ1v) is 12.7. The smallest absolute Gasteiger partial charge is 0.235 e. The van der Waals surface area contributed by atoms with Crippen LogP contribution in [0, 0.1) is 11.6 Å². The van der Waals surface area contributed by atoms with Gasteiger partial charge in [-0.25, -0.2) is 13.8 Å². The number of likely N-dealkylation sites (tertiary alicyclic amines) is 1. The molecule has 2 aliphatic rings. The molecule has 0 saturated carbocycles. The number of hydrogen-bond acceptors (Lipinski definition) is 7. The van der Waals surface area contributed by atoms with Gasteiger partial charge in [-0.2, -0.15) is 0 Å². The quantitative estimate of drug-likeness (QED) is 0.429. The van der Waals surface area contributed by atoms with Crippen molar-refractivity contribution in [2.75, 3.05) is 37.8 Å². The zero-order chi connectivity index (χ0) is 24.4. The molecule has 1 aromatic carbocycles. The van der Waals surface area contributed by atoms with Gasteiger partial charge in [-0.3, -0.25) is 9.78 Å². The normalized spacial score (nSPS) is 15.9. The molecule has 1 amide bonds. The van der Waals surface area contributed by atoms with Crippen LogP contribution in [0.15, 0.2) is 35.4 Å². The summed E-state index contributed by atoms with van der Waals surface area (Å²) in [6.45, 7) is 3.11. The molecule has 1 saturated heterocycles. The second-order valence-electron chi connectivity index (χ2n) is 8.82. The highest BCUT2D eigenvalue weighted by atomic mass is 35.5. The molecule has 2 aliphatic heterocycles. The Kier molecular flexibility index (Phi) is 10.3. The molecule has 200 valence electrons. The van der Waals surface area contributed by atoms with E-state index in [9.17, 15) is 13.6 Å². The standard InChI is InChI=1S/C25H27F2N5O2S.2ClH/c1-34-17-10-19-18(21(27)13-29-24(19)20(26)11-17)6-9-32-7-4-15(5-8-32)28-12-16-2-3-22-25(30-16)31-23(33)14-35-22;;/h2-3,10-11,13,15,28H,4-9,12,14H2,1H3,(H,30,31,33);2*1H. The van der Waals surface area contributed by atoms with Crippen LogP contribution < -0.4 is 15.4 Å². The molecule has 7 nitrogen and oxygen atoms in total. The van der Waals surface area contributed by atoms with Gasteiger partial charge < -0.3 is 20.3 Å². The Morgan fingerprint density at radius 2 is 1.97 bits per heavy atom. The molecule has 2 aromatic heterocycles. The number of amides is 1. The van der Waals surface area contributed by atoms with Crippen LogP contribution in [0.1, 0.15) is 24.1 Å². The van der Waals surface area contributed by atoms with Crippen LogP contribution in [0.4, 0.5) is 14.6 Å². The van der Waals surface area contributed by atoms with Crippen molar-refractivity contribution in [2.24, 2.45) is 0 Å². The third-order valence-corrected chi connectivity index (χ3v) is 7.61. The first-order valence-electron chi connectivity index (χ1n) is 11.7. The summed E-state index contributed by atoms with van der Waals surface area (Å²) in [5, 5.41) is 6.87. The minimum atomic E-state index is -0.512. The van der Waals surface area contributed by atoms with Crippen molar-refractivity contribution in [1.82, 2.24) is 20.2 Å². The Morgan fingerprint density at radius 3 is 2.73 bits per heavy atom. The Balaban J connectivity index is 0.00000190. The molecule has 3 aromatic rings. The lowest BCUT2D eigenvalue weighted by Gasteiger charge is -2.32. The maximum Gasteiger partial charge on any atom is 0.235 e. The molecule has 0 spiro atoms. The van der Waals surface area contributed by atoms with Crippen LogP contribution >= 0.6 is 36.6 Å². The van der Waals surface area contributed by atoms with E-state index < -0.39 is 11.6 Å². The van der Waals surface area contributed by atoms with E-state index in [1.54, 1.807) is 6.07 Å². The molecule has 0 bridgehead atoms. The van der Waals surface area contributed by atoms with Crippen LogP contribution in [0.3, 0.4) is 0 Å². The van der Waals surface area contributed by atoms with Crippen molar-refractivity contribution in [2.45, 2.75) is 36.7 Å². The average Bonchev–Trinajstić information content (AvgIpc) is 2.87. The minimum Gasteiger partial charge on any atom is -0.497 e. The molecule has 12 heteroatoms. The number of carbonyl (C=O) groups is 1. The summed E-state index contributed by atoms with van der Waals surface area (Å²) in [4.78, 5) is 23.4. The molecular formula is C25H29Cl2F2N5O2S. The first-order chi connectivity index (χ1) is 17.0. The van der Waals surface area contributed by atoms with Gasteiger partial charge in [0.1, 0.15) is 22.9 Å². The van der Waals surface area contributed by atoms with Crippen LogP contribution in [0.5, 0.6) is 5.75 Å². The Bertz CT molecular complexity index is 1260. The van der Waals surface area contributed by atoms with E-state index in [4.69, 9.17) is 4.74 Å². The summed E-state index contributed by atoms with van der Waals surface area (Å²) in [6, 6.07) is 7.29. The molecular weight excluding hydrogens is 543 g/mol. The van der Waals surface area contributed by atoms with Crippen LogP contribution in [0.2, 0.25) is 0 Å². The molecule has 0 radical (unpaired) electrons. The lowest BCUT2D eigenvalue weighted by Crippen LogP contribution is -2.43. The maximum atomic E-state index is 14.6. The lowest BCUT2D eigenvalue weighted by atomic mass is 10.0. The zero-order valence-corrected chi connectivity index (χ0v) is 22.7. The van der Waals surface area contributed by atoms with Crippen LogP contribution in [-0.4, -0.2) is 59.3 Å². The minimum absolute atomic E-state index is 0. The number of anilines is 1. The molecule has 37 heavy (non-hydrogen) atoms. The van der Waals surface area contributed by atoms with Gasteiger partial charge in [0, 0.05) is 36.1 Å². The van der Waals surface area contributed by atoms with Gasteiger partial charge in [-0.15, -0.1) is 36.6 Å². The van der Waals surface area contributed by atoms with Gasteiger partial charge in [0.05, 0.1) is 29.6 Å². The highest BCUT2D eigenvalue weighted by Gasteiger charge is 2.21. The van der Waals surface area contributed by atoms with Crippen molar-refractivity contribution in [3.05, 3.63) is 53.4 Å². The average molecular weight is 573 g/mol. The number of nitrogens with one attached hydrogen (secondary N) is 2.